The summed E-state index contributed by atoms with van der Waals surface area (Å²) < 4.78 is 9.70. The van der Waals surface area contributed by atoms with Crippen LogP contribution in [0.3, 0.4) is 0 Å². The molecule has 0 aromatic carbocycles. The van der Waals surface area contributed by atoms with Crippen LogP contribution in [0.15, 0.2) is 31.3 Å². The van der Waals surface area contributed by atoms with Crippen molar-refractivity contribution >= 4 is 22.9 Å². The monoisotopic (exact) mass is 264 g/mol. The van der Waals surface area contributed by atoms with E-state index in [0.29, 0.717) is 22.9 Å². The number of hydrogen-bond acceptors (Lipinski definition) is 7. The highest BCUT2D eigenvalue weighted by atomic mass is 32.2. The van der Waals surface area contributed by atoms with Crippen LogP contribution < -0.4 is 5.82 Å². The summed E-state index contributed by atoms with van der Waals surface area (Å²) in [5.74, 6) is 0.777. The van der Waals surface area contributed by atoms with Crippen LogP contribution in [0.1, 0.15) is 11.5 Å². The Kier molecular flexibility index (Phi) is 2.63. The van der Waals surface area contributed by atoms with Crippen LogP contribution in [0.4, 0.5) is 0 Å². The van der Waals surface area contributed by atoms with Gasteiger partial charge in [-0.15, -0.1) is 0 Å². The normalized spacial score (nSPS) is 11.2. The van der Waals surface area contributed by atoms with Crippen molar-refractivity contribution in [1.82, 2.24) is 19.9 Å². The number of rotatable bonds is 3. The van der Waals surface area contributed by atoms with Gasteiger partial charge in [0.1, 0.15) is 22.6 Å². The Morgan fingerprint density at radius 1 is 1.33 bits per heavy atom. The van der Waals surface area contributed by atoms with Crippen LogP contribution in [-0.4, -0.2) is 19.9 Å². The minimum atomic E-state index is -0.683. The third kappa shape index (κ3) is 1.90. The zero-order chi connectivity index (χ0) is 12.5. The lowest BCUT2D eigenvalue weighted by molar-refractivity contribution is 0.372. The maximum absolute atomic E-state index is 10.9. The standard InChI is InChI=1S/C10H8N4O3S/c1-5-6(17-10(15)16-5)2-18-9-7-8(12-3-11-7)13-4-14-9/h3-4H,2H2,1H3,(H,11,12,13,14). The van der Waals surface area contributed by atoms with Gasteiger partial charge in [-0.25, -0.2) is 19.7 Å². The fourth-order valence-electron chi connectivity index (χ4n) is 1.49. The van der Waals surface area contributed by atoms with E-state index in [1.807, 2.05) is 0 Å². The first kappa shape index (κ1) is 11.0. The van der Waals surface area contributed by atoms with Crippen molar-refractivity contribution in [3.63, 3.8) is 0 Å². The number of aromatic amines is 1. The molecule has 18 heavy (non-hydrogen) atoms. The first-order valence-corrected chi connectivity index (χ1v) is 6.09. The zero-order valence-electron chi connectivity index (χ0n) is 9.34. The molecular formula is C10H8N4O3S. The molecule has 3 rings (SSSR count). The van der Waals surface area contributed by atoms with E-state index >= 15 is 0 Å². The number of aryl methyl sites for hydroxylation is 1. The third-order valence-corrected chi connectivity index (χ3v) is 3.35. The molecule has 3 aromatic rings. The number of nitrogens with zero attached hydrogens (tertiary/aromatic N) is 3. The molecule has 8 heteroatoms. The number of fused-ring (bicyclic) bond motifs is 1. The number of nitrogens with one attached hydrogen (secondary N) is 1. The second-order valence-electron chi connectivity index (χ2n) is 3.50. The van der Waals surface area contributed by atoms with Gasteiger partial charge in [-0.3, -0.25) is 0 Å². The summed E-state index contributed by atoms with van der Waals surface area (Å²) >= 11 is 1.42. The molecule has 0 amide bonds. The quantitative estimate of drug-likeness (QED) is 0.565. The number of hydrogen-bond donors (Lipinski definition) is 1. The van der Waals surface area contributed by atoms with E-state index in [9.17, 15) is 4.79 Å². The van der Waals surface area contributed by atoms with E-state index in [2.05, 4.69) is 19.9 Å². The first-order valence-electron chi connectivity index (χ1n) is 5.10. The highest BCUT2D eigenvalue weighted by Gasteiger charge is 2.11. The van der Waals surface area contributed by atoms with Crippen molar-refractivity contribution in [2.45, 2.75) is 17.7 Å². The van der Waals surface area contributed by atoms with Gasteiger partial charge in [0.2, 0.25) is 0 Å². The molecule has 0 aliphatic heterocycles. The first-order chi connectivity index (χ1) is 8.74. The lowest BCUT2D eigenvalue weighted by atomic mass is 10.4. The van der Waals surface area contributed by atoms with Gasteiger partial charge in [0.05, 0.1) is 12.1 Å². The molecule has 0 aliphatic carbocycles. The van der Waals surface area contributed by atoms with Crippen LogP contribution >= 0.6 is 11.8 Å². The molecule has 0 aliphatic rings. The molecule has 3 aromatic heterocycles. The Labute approximate surface area is 105 Å². The summed E-state index contributed by atoms with van der Waals surface area (Å²) in [5.41, 5.74) is 1.38. The molecule has 92 valence electrons. The Balaban J connectivity index is 1.87. The summed E-state index contributed by atoms with van der Waals surface area (Å²) in [5, 5.41) is 0.751. The third-order valence-electron chi connectivity index (χ3n) is 2.36. The van der Waals surface area contributed by atoms with Crippen LogP contribution in [0.2, 0.25) is 0 Å². The predicted molar refractivity (Wildman–Crippen MR) is 63.2 cm³/mol. The van der Waals surface area contributed by atoms with E-state index in [1.165, 1.54) is 18.1 Å². The summed E-state index contributed by atoms with van der Waals surface area (Å²) in [6.07, 6.45) is 3.01. The van der Waals surface area contributed by atoms with E-state index in [-0.39, 0.29) is 0 Å². The SMILES string of the molecule is Cc1oc(=O)oc1CSc1ncnc2nc[nH]c12. The summed E-state index contributed by atoms with van der Waals surface area (Å²) in [4.78, 5) is 26.1. The van der Waals surface area contributed by atoms with Crippen LogP contribution in [0, 0.1) is 6.92 Å². The lowest BCUT2D eigenvalue weighted by Crippen LogP contribution is -1.88. The fourth-order valence-corrected chi connectivity index (χ4v) is 2.44. The average molecular weight is 264 g/mol. The number of H-pyrrole nitrogens is 1. The molecule has 3 heterocycles. The molecule has 0 unspecified atom stereocenters. The Bertz CT molecular complexity index is 745. The fraction of sp³-hybridized carbons (Fsp3) is 0.200. The lowest BCUT2D eigenvalue weighted by Gasteiger charge is -1.98. The van der Waals surface area contributed by atoms with Crippen molar-refractivity contribution in [2.24, 2.45) is 0 Å². The predicted octanol–water partition coefficient (Wildman–Crippen LogP) is 1.50. The molecule has 0 saturated heterocycles. The van der Waals surface area contributed by atoms with Crippen LogP contribution in [0.25, 0.3) is 11.2 Å². The summed E-state index contributed by atoms with van der Waals surface area (Å²) in [6, 6.07) is 0. The van der Waals surface area contributed by atoms with Crippen molar-refractivity contribution in [2.75, 3.05) is 0 Å². The molecule has 0 fully saturated rings. The highest BCUT2D eigenvalue weighted by molar-refractivity contribution is 7.98. The Hall–Kier alpha value is -2.09. The molecule has 0 saturated carbocycles. The van der Waals surface area contributed by atoms with Gasteiger partial charge in [-0.2, -0.15) is 0 Å². The second-order valence-corrected chi connectivity index (χ2v) is 4.47. The molecular weight excluding hydrogens is 256 g/mol. The molecule has 0 bridgehead atoms. The topological polar surface area (TPSA) is 97.8 Å². The second kappa shape index (κ2) is 4.30. The van der Waals surface area contributed by atoms with Crippen molar-refractivity contribution in [1.29, 1.82) is 0 Å². The molecule has 0 radical (unpaired) electrons. The maximum Gasteiger partial charge on any atom is 0.519 e. The zero-order valence-corrected chi connectivity index (χ0v) is 10.2. The van der Waals surface area contributed by atoms with E-state index in [1.54, 1.807) is 13.3 Å². The summed E-state index contributed by atoms with van der Waals surface area (Å²) in [6.45, 7) is 1.69. The number of thioether (sulfide) groups is 1. The van der Waals surface area contributed by atoms with Gasteiger partial charge in [-0.05, 0) is 6.92 Å². The number of imidazole rings is 1. The van der Waals surface area contributed by atoms with Gasteiger partial charge in [0.15, 0.2) is 11.4 Å². The molecule has 7 nitrogen and oxygen atoms in total. The van der Waals surface area contributed by atoms with Gasteiger partial charge >= 0.3 is 5.82 Å². The largest absolute Gasteiger partial charge is 0.519 e. The minimum Gasteiger partial charge on any atom is -0.396 e. The Morgan fingerprint density at radius 3 is 3.00 bits per heavy atom. The maximum atomic E-state index is 10.9. The minimum absolute atomic E-state index is 0.461. The highest BCUT2D eigenvalue weighted by Crippen LogP contribution is 2.26. The van der Waals surface area contributed by atoms with Gasteiger partial charge in [0.25, 0.3) is 0 Å². The molecule has 0 atom stereocenters. The van der Waals surface area contributed by atoms with Crippen molar-refractivity contribution in [3.8, 4) is 0 Å². The molecule has 0 spiro atoms. The van der Waals surface area contributed by atoms with Gasteiger partial charge < -0.3 is 13.8 Å². The number of aromatic nitrogens is 4. The van der Waals surface area contributed by atoms with Crippen LogP contribution in [0.5, 0.6) is 0 Å². The van der Waals surface area contributed by atoms with Crippen molar-refractivity contribution < 1.29 is 8.83 Å². The Morgan fingerprint density at radius 2 is 2.22 bits per heavy atom. The van der Waals surface area contributed by atoms with Crippen LogP contribution in [-0.2, 0) is 5.75 Å². The smallest absolute Gasteiger partial charge is 0.396 e. The van der Waals surface area contributed by atoms with E-state index in [0.717, 1.165) is 10.5 Å². The molecule has 1 N–H and O–H groups in total. The van der Waals surface area contributed by atoms with Gasteiger partial charge in [0, 0.05) is 0 Å². The van der Waals surface area contributed by atoms with E-state index < -0.39 is 5.82 Å². The van der Waals surface area contributed by atoms with E-state index in [4.69, 9.17) is 8.83 Å². The summed E-state index contributed by atoms with van der Waals surface area (Å²) in [7, 11) is 0. The van der Waals surface area contributed by atoms with Crippen molar-refractivity contribution in [3.05, 3.63) is 34.8 Å². The average Bonchev–Trinajstić information content (AvgIpc) is 2.93. The van der Waals surface area contributed by atoms with Gasteiger partial charge in [-0.1, -0.05) is 11.8 Å².